The minimum absolute atomic E-state index is 0.844. The van der Waals surface area contributed by atoms with E-state index in [0.29, 0.717) is 0 Å². The average Bonchev–Trinajstić information content (AvgIpc) is 2.48. The molecule has 0 nitrogen and oxygen atoms in total. The van der Waals surface area contributed by atoms with Gasteiger partial charge in [-0.1, -0.05) is 27.5 Å². The predicted octanol–water partition coefficient (Wildman–Crippen LogP) is 5.05. The number of halogens is 3. The van der Waals surface area contributed by atoms with E-state index in [1.165, 1.54) is 15.6 Å². The quantitative estimate of drug-likeness (QED) is 0.474. The molecule has 0 unspecified atom stereocenters. The molecule has 0 spiro atoms. The van der Waals surface area contributed by atoms with Gasteiger partial charge < -0.3 is 0 Å². The first kappa shape index (κ1) is 10.2. The first-order valence-corrected chi connectivity index (χ1v) is 7.09. The van der Waals surface area contributed by atoms with Gasteiger partial charge in [-0.15, -0.1) is 11.3 Å². The third-order valence-electron chi connectivity index (χ3n) is 1.84. The highest BCUT2D eigenvalue weighted by Crippen LogP contribution is 2.32. The number of hydrogen-bond donors (Lipinski definition) is 0. The first-order valence-electron chi connectivity index (χ1n) is 3.63. The zero-order chi connectivity index (χ0) is 9.42. The van der Waals surface area contributed by atoms with Crippen LogP contribution in [-0.2, 0) is 5.33 Å². The summed E-state index contributed by atoms with van der Waals surface area (Å²) in [6, 6.07) is 4.18. The smallest absolute Gasteiger partial charge is 0.0553 e. The number of rotatable bonds is 1. The molecule has 0 aliphatic rings. The molecule has 0 saturated heterocycles. The third-order valence-corrected chi connectivity index (χ3v) is 4.96. The normalized spacial score (nSPS) is 11.0. The van der Waals surface area contributed by atoms with E-state index in [-0.39, 0.29) is 0 Å². The molecule has 1 aromatic carbocycles. The summed E-state index contributed by atoms with van der Waals surface area (Å²) < 4.78 is 2.38. The Balaban J connectivity index is 2.77. The molecule has 0 atom stereocenters. The standard InChI is InChI=1S/C9H5BrClIS/c10-3-5-4-13-9-2-7(11)8(12)1-6(5)9/h1-2,4H,3H2. The molecule has 0 aliphatic heterocycles. The molecule has 0 aliphatic carbocycles. The Morgan fingerprint density at radius 1 is 1.46 bits per heavy atom. The van der Waals surface area contributed by atoms with Crippen LogP contribution in [0.4, 0.5) is 0 Å². The average molecular weight is 387 g/mol. The number of alkyl halides is 1. The zero-order valence-corrected chi connectivity index (χ0v) is 11.8. The zero-order valence-electron chi connectivity index (χ0n) is 6.48. The van der Waals surface area contributed by atoms with Crippen LogP contribution < -0.4 is 0 Å². The molecule has 2 rings (SSSR count). The van der Waals surface area contributed by atoms with Gasteiger partial charge in [-0.3, -0.25) is 0 Å². The van der Waals surface area contributed by atoms with Crippen molar-refractivity contribution in [3.05, 3.63) is 31.7 Å². The maximum atomic E-state index is 6.03. The topological polar surface area (TPSA) is 0 Å². The Hall–Kier alpha value is 0.680. The molecule has 1 heterocycles. The van der Waals surface area contributed by atoms with E-state index in [2.05, 4.69) is 50.0 Å². The molecule has 0 amide bonds. The number of thiophene rings is 1. The van der Waals surface area contributed by atoms with Gasteiger partial charge in [-0.05, 0) is 51.1 Å². The van der Waals surface area contributed by atoms with Gasteiger partial charge in [0.2, 0.25) is 0 Å². The van der Waals surface area contributed by atoms with E-state index in [1.807, 2.05) is 6.07 Å². The van der Waals surface area contributed by atoms with Gasteiger partial charge in [-0.25, -0.2) is 0 Å². The van der Waals surface area contributed by atoms with Crippen molar-refractivity contribution >= 4 is 71.5 Å². The second-order valence-electron chi connectivity index (χ2n) is 2.66. The van der Waals surface area contributed by atoms with E-state index < -0.39 is 0 Å². The van der Waals surface area contributed by atoms with Crippen LogP contribution >= 0.6 is 61.5 Å². The van der Waals surface area contributed by atoms with Crippen molar-refractivity contribution in [3.63, 3.8) is 0 Å². The van der Waals surface area contributed by atoms with Gasteiger partial charge in [0.05, 0.1) is 5.02 Å². The number of fused-ring (bicyclic) bond motifs is 1. The maximum Gasteiger partial charge on any atom is 0.0553 e. The predicted molar refractivity (Wildman–Crippen MR) is 72.2 cm³/mol. The van der Waals surface area contributed by atoms with Crippen LogP contribution in [0.1, 0.15) is 5.56 Å². The Bertz CT molecular complexity index is 452. The SMILES string of the molecule is Clc1cc2scc(CBr)c2cc1I. The fourth-order valence-corrected chi connectivity index (χ4v) is 3.53. The van der Waals surface area contributed by atoms with E-state index in [9.17, 15) is 0 Å². The highest BCUT2D eigenvalue weighted by atomic mass is 127. The highest BCUT2D eigenvalue weighted by molar-refractivity contribution is 14.1. The molecule has 68 valence electrons. The lowest BCUT2D eigenvalue weighted by Gasteiger charge is -1.97. The van der Waals surface area contributed by atoms with Crippen molar-refractivity contribution in [2.75, 3.05) is 0 Å². The summed E-state index contributed by atoms with van der Waals surface area (Å²) in [6.45, 7) is 0. The molecular weight excluding hydrogens is 382 g/mol. The summed E-state index contributed by atoms with van der Waals surface area (Å²) in [7, 11) is 0. The van der Waals surface area contributed by atoms with Gasteiger partial charge in [0.15, 0.2) is 0 Å². The highest BCUT2D eigenvalue weighted by Gasteiger charge is 2.05. The maximum absolute atomic E-state index is 6.03. The van der Waals surface area contributed by atoms with Crippen molar-refractivity contribution in [2.24, 2.45) is 0 Å². The number of hydrogen-bond acceptors (Lipinski definition) is 1. The summed E-state index contributed by atoms with van der Waals surface area (Å²) in [6.07, 6.45) is 0. The summed E-state index contributed by atoms with van der Waals surface area (Å²) >= 11 is 13.5. The van der Waals surface area contributed by atoms with Crippen LogP contribution in [0.3, 0.4) is 0 Å². The van der Waals surface area contributed by atoms with E-state index >= 15 is 0 Å². The second-order valence-corrected chi connectivity index (χ2v) is 5.70. The Morgan fingerprint density at radius 3 is 2.92 bits per heavy atom. The lowest BCUT2D eigenvalue weighted by Crippen LogP contribution is -1.76. The van der Waals surface area contributed by atoms with Crippen LogP contribution in [0.2, 0.25) is 5.02 Å². The van der Waals surface area contributed by atoms with E-state index in [1.54, 1.807) is 11.3 Å². The molecule has 1 aromatic heterocycles. The minimum atomic E-state index is 0.844. The summed E-state index contributed by atoms with van der Waals surface area (Å²) in [4.78, 5) is 0. The van der Waals surface area contributed by atoms with Crippen LogP contribution in [0.15, 0.2) is 17.5 Å². The largest absolute Gasteiger partial charge is 0.143 e. The van der Waals surface area contributed by atoms with Gasteiger partial charge in [-0.2, -0.15) is 0 Å². The third kappa shape index (κ3) is 1.89. The molecular formula is C9H5BrClIS. The molecule has 0 bridgehead atoms. The summed E-state index contributed by atoms with van der Waals surface area (Å²) in [5, 5.41) is 5.24. The second kappa shape index (κ2) is 4.04. The summed E-state index contributed by atoms with van der Waals surface area (Å²) in [5.74, 6) is 0. The number of benzene rings is 1. The lowest BCUT2D eigenvalue weighted by molar-refractivity contribution is 1.54. The Labute approximate surface area is 108 Å². The Morgan fingerprint density at radius 2 is 2.23 bits per heavy atom. The van der Waals surface area contributed by atoms with Gasteiger partial charge in [0, 0.05) is 13.6 Å². The monoisotopic (exact) mass is 386 g/mol. The first-order chi connectivity index (χ1) is 6.22. The van der Waals surface area contributed by atoms with Crippen molar-refractivity contribution in [1.82, 2.24) is 0 Å². The van der Waals surface area contributed by atoms with Crippen molar-refractivity contribution < 1.29 is 0 Å². The fourth-order valence-electron chi connectivity index (χ4n) is 1.18. The fraction of sp³-hybridized carbons (Fsp3) is 0.111. The van der Waals surface area contributed by atoms with Crippen molar-refractivity contribution in [3.8, 4) is 0 Å². The molecule has 0 N–H and O–H groups in total. The van der Waals surface area contributed by atoms with E-state index in [0.717, 1.165) is 13.9 Å². The van der Waals surface area contributed by atoms with Gasteiger partial charge >= 0.3 is 0 Å². The van der Waals surface area contributed by atoms with Crippen LogP contribution in [0.5, 0.6) is 0 Å². The molecule has 13 heavy (non-hydrogen) atoms. The lowest BCUT2D eigenvalue weighted by atomic mass is 10.2. The summed E-state index contributed by atoms with van der Waals surface area (Å²) in [5.41, 5.74) is 1.34. The van der Waals surface area contributed by atoms with Crippen LogP contribution in [0.25, 0.3) is 10.1 Å². The van der Waals surface area contributed by atoms with Gasteiger partial charge in [0.25, 0.3) is 0 Å². The molecule has 0 fully saturated rings. The molecule has 2 aromatic rings. The van der Waals surface area contributed by atoms with Gasteiger partial charge in [0.1, 0.15) is 0 Å². The Kier molecular flexibility index (Phi) is 3.18. The van der Waals surface area contributed by atoms with E-state index in [4.69, 9.17) is 11.6 Å². The molecule has 0 radical (unpaired) electrons. The van der Waals surface area contributed by atoms with Crippen molar-refractivity contribution in [1.29, 1.82) is 0 Å². The molecule has 4 heteroatoms. The van der Waals surface area contributed by atoms with Crippen LogP contribution in [0, 0.1) is 3.57 Å². The minimum Gasteiger partial charge on any atom is -0.143 e. The van der Waals surface area contributed by atoms with Crippen LogP contribution in [-0.4, -0.2) is 0 Å². The van der Waals surface area contributed by atoms with Crippen molar-refractivity contribution in [2.45, 2.75) is 5.33 Å². The molecule has 0 saturated carbocycles.